The maximum atomic E-state index is 12.6. The van der Waals surface area contributed by atoms with Gasteiger partial charge in [-0.2, -0.15) is 0 Å². The molecule has 0 saturated carbocycles. The van der Waals surface area contributed by atoms with Crippen molar-refractivity contribution in [2.45, 2.75) is 26.5 Å². The molecule has 1 aromatic carbocycles. The lowest BCUT2D eigenvalue weighted by atomic mass is 10.1. The molecule has 27 heavy (non-hydrogen) atoms. The second-order valence-corrected chi connectivity index (χ2v) is 6.93. The molecule has 1 unspecified atom stereocenters. The number of carbonyl (C=O) groups excluding carboxylic acids is 1. The highest BCUT2D eigenvalue weighted by Crippen LogP contribution is 2.29. The molecule has 1 amide bonds. The molecule has 3 aromatic rings. The Morgan fingerprint density at radius 1 is 1.19 bits per heavy atom. The Hall–Kier alpha value is -2.86. The van der Waals surface area contributed by atoms with Crippen LogP contribution in [0.5, 0.6) is 11.5 Å². The summed E-state index contributed by atoms with van der Waals surface area (Å²) in [6, 6.07) is 13.0. The number of rotatable bonds is 8. The Morgan fingerprint density at radius 2 is 2.07 bits per heavy atom. The zero-order chi connectivity index (χ0) is 19.1. The van der Waals surface area contributed by atoms with Crippen LogP contribution in [0, 0.1) is 0 Å². The molecule has 140 valence electrons. The van der Waals surface area contributed by atoms with E-state index < -0.39 is 0 Å². The molecule has 1 N–H and O–H groups in total. The summed E-state index contributed by atoms with van der Waals surface area (Å²) in [5, 5.41) is 5.01. The maximum Gasteiger partial charge on any atom is 0.251 e. The van der Waals surface area contributed by atoms with Crippen molar-refractivity contribution in [3.63, 3.8) is 0 Å². The van der Waals surface area contributed by atoms with E-state index in [0.717, 1.165) is 10.4 Å². The molecule has 0 fully saturated rings. The summed E-state index contributed by atoms with van der Waals surface area (Å²) < 4.78 is 11.5. The normalized spacial score (nSPS) is 11.6. The molecule has 0 aliphatic heterocycles. The molecule has 0 aliphatic rings. The summed E-state index contributed by atoms with van der Waals surface area (Å²) in [5.74, 6) is 1.01. The predicted octanol–water partition coefficient (Wildman–Crippen LogP) is 4.61. The summed E-state index contributed by atoms with van der Waals surface area (Å²) in [6.07, 6.45) is 3.48. The number of carbonyl (C=O) groups is 1. The van der Waals surface area contributed by atoms with Gasteiger partial charge in [-0.3, -0.25) is 9.78 Å². The topological polar surface area (TPSA) is 60.5 Å². The van der Waals surface area contributed by atoms with E-state index in [4.69, 9.17) is 9.47 Å². The van der Waals surface area contributed by atoms with Gasteiger partial charge in [-0.1, -0.05) is 12.1 Å². The van der Waals surface area contributed by atoms with Crippen LogP contribution in [0.25, 0.3) is 0 Å². The average Bonchev–Trinajstić information content (AvgIpc) is 3.23. The first-order valence-corrected chi connectivity index (χ1v) is 9.68. The second-order valence-electron chi connectivity index (χ2n) is 5.96. The van der Waals surface area contributed by atoms with Crippen LogP contribution in [-0.4, -0.2) is 17.5 Å². The number of nitrogens with zero attached hydrogens (tertiary/aromatic N) is 1. The fraction of sp³-hybridized carbons (Fsp3) is 0.238. The number of ether oxygens (including phenoxy) is 2. The van der Waals surface area contributed by atoms with Gasteiger partial charge in [-0.15, -0.1) is 11.3 Å². The van der Waals surface area contributed by atoms with Crippen molar-refractivity contribution in [1.29, 1.82) is 0 Å². The van der Waals surface area contributed by atoms with Crippen LogP contribution in [-0.2, 0) is 6.61 Å². The molecule has 5 nitrogen and oxygen atoms in total. The van der Waals surface area contributed by atoms with E-state index in [9.17, 15) is 4.79 Å². The molecule has 2 aromatic heterocycles. The van der Waals surface area contributed by atoms with Gasteiger partial charge in [-0.05, 0) is 49.6 Å². The van der Waals surface area contributed by atoms with Gasteiger partial charge in [0.1, 0.15) is 6.61 Å². The lowest BCUT2D eigenvalue weighted by molar-refractivity contribution is 0.0940. The van der Waals surface area contributed by atoms with Gasteiger partial charge in [-0.25, -0.2) is 0 Å². The highest BCUT2D eigenvalue weighted by Gasteiger charge is 2.15. The molecule has 0 saturated heterocycles. The van der Waals surface area contributed by atoms with E-state index in [1.54, 1.807) is 41.9 Å². The summed E-state index contributed by atoms with van der Waals surface area (Å²) in [7, 11) is 0. The first-order valence-electron chi connectivity index (χ1n) is 8.80. The number of thiophene rings is 1. The van der Waals surface area contributed by atoms with Crippen molar-refractivity contribution in [3.05, 3.63) is 76.2 Å². The van der Waals surface area contributed by atoms with Crippen molar-refractivity contribution in [3.8, 4) is 11.5 Å². The van der Waals surface area contributed by atoms with E-state index in [1.807, 2.05) is 43.5 Å². The zero-order valence-corrected chi connectivity index (χ0v) is 16.2. The molecule has 0 aliphatic carbocycles. The third kappa shape index (κ3) is 5.08. The van der Waals surface area contributed by atoms with Gasteiger partial charge in [0, 0.05) is 28.4 Å². The standard InChI is InChI=1S/C21H22N2O3S/c1-3-25-19-12-17(21(24)23-15(2)20-7-5-11-27-20)8-9-18(19)26-14-16-6-4-10-22-13-16/h4-13,15H,3,14H2,1-2H3,(H,23,24). The maximum absolute atomic E-state index is 12.6. The monoisotopic (exact) mass is 382 g/mol. The summed E-state index contributed by atoms with van der Waals surface area (Å²) in [4.78, 5) is 17.8. The molecule has 6 heteroatoms. The molecule has 3 rings (SSSR count). The van der Waals surface area contributed by atoms with E-state index in [2.05, 4.69) is 10.3 Å². The highest BCUT2D eigenvalue weighted by atomic mass is 32.1. The van der Waals surface area contributed by atoms with Gasteiger partial charge in [0.2, 0.25) is 0 Å². The van der Waals surface area contributed by atoms with Crippen molar-refractivity contribution >= 4 is 17.2 Å². The highest BCUT2D eigenvalue weighted by molar-refractivity contribution is 7.10. The molecule has 0 bridgehead atoms. The third-order valence-corrected chi connectivity index (χ3v) is 5.00. The van der Waals surface area contributed by atoms with E-state index in [0.29, 0.717) is 30.3 Å². The van der Waals surface area contributed by atoms with Crippen LogP contribution in [0.4, 0.5) is 0 Å². The Balaban J connectivity index is 1.71. The van der Waals surface area contributed by atoms with Crippen molar-refractivity contribution in [2.75, 3.05) is 6.61 Å². The van der Waals surface area contributed by atoms with Crippen LogP contribution in [0.1, 0.15) is 40.7 Å². The zero-order valence-electron chi connectivity index (χ0n) is 15.3. The Labute approximate surface area is 163 Å². The van der Waals surface area contributed by atoms with Gasteiger partial charge in [0.15, 0.2) is 11.5 Å². The number of benzene rings is 1. The Bertz CT molecular complexity index is 866. The quantitative estimate of drug-likeness (QED) is 0.618. The molecular formula is C21H22N2O3S. The third-order valence-electron chi connectivity index (χ3n) is 3.94. The molecule has 2 heterocycles. The summed E-state index contributed by atoms with van der Waals surface area (Å²) in [5.41, 5.74) is 1.50. The summed E-state index contributed by atoms with van der Waals surface area (Å²) >= 11 is 1.62. The largest absolute Gasteiger partial charge is 0.490 e. The minimum atomic E-state index is -0.143. The first-order chi connectivity index (χ1) is 13.2. The fourth-order valence-corrected chi connectivity index (χ4v) is 3.30. The van der Waals surface area contributed by atoms with Crippen molar-refractivity contribution in [2.24, 2.45) is 0 Å². The number of hydrogen-bond donors (Lipinski definition) is 1. The van der Waals surface area contributed by atoms with Crippen LogP contribution in [0.2, 0.25) is 0 Å². The minimum absolute atomic E-state index is 0.0467. The van der Waals surface area contributed by atoms with Crippen LogP contribution < -0.4 is 14.8 Å². The van der Waals surface area contributed by atoms with E-state index >= 15 is 0 Å². The van der Waals surface area contributed by atoms with Gasteiger partial charge >= 0.3 is 0 Å². The lowest BCUT2D eigenvalue weighted by Crippen LogP contribution is -2.26. The van der Waals surface area contributed by atoms with Gasteiger partial charge in [0.05, 0.1) is 12.6 Å². The molecule has 0 spiro atoms. The van der Waals surface area contributed by atoms with Crippen LogP contribution >= 0.6 is 11.3 Å². The lowest BCUT2D eigenvalue weighted by Gasteiger charge is -2.15. The number of pyridine rings is 1. The predicted molar refractivity (Wildman–Crippen MR) is 106 cm³/mol. The SMILES string of the molecule is CCOc1cc(C(=O)NC(C)c2cccs2)ccc1OCc1cccnc1. The van der Waals surface area contributed by atoms with Crippen molar-refractivity contribution < 1.29 is 14.3 Å². The first kappa shape index (κ1) is 18.9. The Morgan fingerprint density at radius 3 is 2.78 bits per heavy atom. The van der Waals surface area contributed by atoms with Crippen LogP contribution in [0.15, 0.2) is 60.2 Å². The number of hydrogen-bond acceptors (Lipinski definition) is 5. The molecular weight excluding hydrogens is 360 g/mol. The minimum Gasteiger partial charge on any atom is -0.490 e. The average molecular weight is 382 g/mol. The van der Waals surface area contributed by atoms with E-state index in [1.165, 1.54) is 0 Å². The molecule has 1 atom stereocenters. The molecule has 0 radical (unpaired) electrons. The number of aromatic nitrogens is 1. The smallest absolute Gasteiger partial charge is 0.251 e. The number of nitrogens with one attached hydrogen (secondary N) is 1. The van der Waals surface area contributed by atoms with Gasteiger partial charge in [0.25, 0.3) is 5.91 Å². The Kier molecular flexibility index (Phi) is 6.44. The second kappa shape index (κ2) is 9.19. The van der Waals surface area contributed by atoms with Gasteiger partial charge < -0.3 is 14.8 Å². The van der Waals surface area contributed by atoms with E-state index in [-0.39, 0.29) is 11.9 Å². The summed E-state index contributed by atoms with van der Waals surface area (Å²) in [6.45, 7) is 4.74. The number of amides is 1. The van der Waals surface area contributed by atoms with Crippen LogP contribution in [0.3, 0.4) is 0 Å². The fourth-order valence-electron chi connectivity index (χ4n) is 2.57. The van der Waals surface area contributed by atoms with Crippen molar-refractivity contribution in [1.82, 2.24) is 10.3 Å².